The van der Waals surface area contributed by atoms with Crippen LogP contribution in [0.4, 0.5) is 0 Å². The molecule has 0 bridgehead atoms. The van der Waals surface area contributed by atoms with Gasteiger partial charge in [0.25, 0.3) is 0 Å². The number of rotatable bonds is 2. The lowest BCUT2D eigenvalue weighted by atomic mass is 9.77. The Hall–Kier alpha value is -1.24. The standard InChI is InChI=1S/C9H14N2O2/c1-7-2-4-9(5-3-7,8(12)13)11-6-10/h7,11H,2-5H2,1H3,(H,12,13). The van der Waals surface area contributed by atoms with Crippen LogP contribution < -0.4 is 5.32 Å². The molecule has 1 rings (SSSR count). The van der Waals surface area contributed by atoms with Crippen molar-refractivity contribution >= 4 is 5.97 Å². The van der Waals surface area contributed by atoms with Gasteiger partial charge >= 0.3 is 5.97 Å². The Bertz CT molecular complexity index is 236. The first kappa shape index (κ1) is 9.85. The van der Waals surface area contributed by atoms with Crippen molar-refractivity contribution in [1.82, 2.24) is 5.32 Å². The number of aliphatic carboxylic acids is 1. The van der Waals surface area contributed by atoms with Gasteiger partial charge in [-0.05, 0) is 31.6 Å². The molecule has 0 aromatic rings. The molecule has 0 spiro atoms. The van der Waals surface area contributed by atoms with E-state index in [1.54, 1.807) is 6.19 Å². The third-order valence-corrected chi connectivity index (χ3v) is 2.83. The van der Waals surface area contributed by atoms with E-state index in [9.17, 15) is 4.79 Å². The number of nitriles is 1. The van der Waals surface area contributed by atoms with E-state index in [1.807, 2.05) is 0 Å². The highest BCUT2D eigenvalue weighted by molar-refractivity contribution is 5.79. The lowest BCUT2D eigenvalue weighted by Crippen LogP contribution is -2.52. The van der Waals surface area contributed by atoms with E-state index < -0.39 is 11.5 Å². The van der Waals surface area contributed by atoms with Crippen molar-refractivity contribution in [3.8, 4) is 6.19 Å². The molecule has 72 valence electrons. The molecule has 0 saturated heterocycles. The zero-order valence-corrected chi connectivity index (χ0v) is 7.71. The first-order valence-corrected chi connectivity index (χ1v) is 4.50. The minimum absolute atomic E-state index is 0.553. The summed E-state index contributed by atoms with van der Waals surface area (Å²) in [4.78, 5) is 11.0. The molecule has 1 fully saturated rings. The monoisotopic (exact) mass is 182 g/mol. The average molecular weight is 182 g/mol. The number of hydrogen-bond donors (Lipinski definition) is 2. The molecule has 1 saturated carbocycles. The maximum absolute atomic E-state index is 11.0. The summed E-state index contributed by atoms with van der Waals surface area (Å²) in [7, 11) is 0. The van der Waals surface area contributed by atoms with Crippen LogP contribution in [0, 0.1) is 17.4 Å². The zero-order valence-electron chi connectivity index (χ0n) is 7.71. The van der Waals surface area contributed by atoms with Crippen molar-refractivity contribution in [3.63, 3.8) is 0 Å². The van der Waals surface area contributed by atoms with Gasteiger partial charge in [-0.25, -0.2) is 4.79 Å². The molecule has 0 aliphatic heterocycles. The Balaban J connectivity index is 2.70. The summed E-state index contributed by atoms with van der Waals surface area (Å²) in [6, 6.07) is 0. The first-order chi connectivity index (χ1) is 6.10. The van der Waals surface area contributed by atoms with Crippen LogP contribution in [0.15, 0.2) is 0 Å². The Kier molecular flexibility index (Phi) is 2.76. The molecule has 0 heterocycles. The minimum atomic E-state index is -0.985. The van der Waals surface area contributed by atoms with E-state index >= 15 is 0 Å². The topological polar surface area (TPSA) is 73.1 Å². The quantitative estimate of drug-likeness (QED) is 0.495. The van der Waals surface area contributed by atoms with E-state index in [0.717, 1.165) is 12.8 Å². The smallest absolute Gasteiger partial charge is 0.330 e. The van der Waals surface area contributed by atoms with Crippen molar-refractivity contribution < 1.29 is 9.90 Å². The summed E-state index contributed by atoms with van der Waals surface area (Å²) in [5, 5.41) is 19.9. The Labute approximate surface area is 77.6 Å². The SMILES string of the molecule is CC1CCC(NC#N)(C(=O)O)CC1. The fourth-order valence-electron chi connectivity index (χ4n) is 1.75. The van der Waals surface area contributed by atoms with Crippen LogP contribution in [0.25, 0.3) is 0 Å². The summed E-state index contributed by atoms with van der Waals surface area (Å²) < 4.78 is 0. The number of nitrogens with zero attached hydrogens (tertiary/aromatic N) is 1. The molecule has 0 atom stereocenters. The predicted molar refractivity (Wildman–Crippen MR) is 46.7 cm³/mol. The molecule has 4 heteroatoms. The fourth-order valence-corrected chi connectivity index (χ4v) is 1.75. The molecule has 0 aromatic heterocycles. The van der Waals surface area contributed by atoms with Gasteiger partial charge in [0, 0.05) is 0 Å². The van der Waals surface area contributed by atoms with Crippen LogP contribution in [0.5, 0.6) is 0 Å². The average Bonchev–Trinajstić information content (AvgIpc) is 2.09. The summed E-state index contributed by atoms with van der Waals surface area (Å²) in [5.41, 5.74) is -0.985. The van der Waals surface area contributed by atoms with E-state index in [-0.39, 0.29) is 0 Å². The normalized spacial score (nSPS) is 33.4. The van der Waals surface area contributed by atoms with Crippen LogP contribution in [0.1, 0.15) is 32.6 Å². The molecular formula is C9H14N2O2. The molecular weight excluding hydrogens is 168 g/mol. The highest BCUT2D eigenvalue weighted by atomic mass is 16.4. The van der Waals surface area contributed by atoms with Crippen LogP contribution in [0.3, 0.4) is 0 Å². The van der Waals surface area contributed by atoms with Gasteiger partial charge in [-0.2, -0.15) is 5.26 Å². The maximum atomic E-state index is 11.0. The van der Waals surface area contributed by atoms with Crippen LogP contribution in [0.2, 0.25) is 0 Å². The Morgan fingerprint density at radius 3 is 2.54 bits per heavy atom. The van der Waals surface area contributed by atoms with Crippen molar-refractivity contribution in [1.29, 1.82) is 5.26 Å². The summed E-state index contributed by atoms with van der Waals surface area (Å²) in [6.07, 6.45) is 4.60. The van der Waals surface area contributed by atoms with Gasteiger partial charge in [0.2, 0.25) is 0 Å². The van der Waals surface area contributed by atoms with Gasteiger partial charge in [-0.15, -0.1) is 0 Å². The minimum Gasteiger partial charge on any atom is -0.479 e. The molecule has 4 nitrogen and oxygen atoms in total. The van der Waals surface area contributed by atoms with Crippen LogP contribution >= 0.6 is 0 Å². The summed E-state index contributed by atoms with van der Waals surface area (Å²) >= 11 is 0. The maximum Gasteiger partial charge on any atom is 0.330 e. The number of carboxylic acids is 1. The van der Waals surface area contributed by atoms with Gasteiger partial charge in [0.15, 0.2) is 6.19 Å². The van der Waals surface area contributed by atoms with Gasteiger partial charge in [0.1, 0.15) is 5.54 Å². The highest BCUT2D eigenvalue weighted by Gasteiger charge is 2.40. The highest BCUT2D eigenvalue weighted by Crippen LogP contribution is 2.31. The number of hydrogen-bond acceptors (Lipinski definition) is 3. The second-order valence-electron chi connectivity index (χ2n) is 3.81. The second kappa shape index (κ2) is 3.65. The molecule has 1 aliphatic rings. The van der Waals surface area contributed by atoms with Crippen molar-refractivity contribution in [2.24, 2.45) is 5.92 Å². The molecule has 0 aromatic carbocycles. The fraction of sp³-hybridized carbons (Fsp3) is 0.778. The van der Waals surface area contributed by atoms with Gasteiger partial charge < -0.3 is 10.4 Å². The third-order valence-electron chi connectivity index (χ3n) is 2.83. The van der Waals surface area contributed by atoms with E-state index in [4.69, 9.17) is 10.4 Å². The summed E-state index contributed by atoms with van der Waals surface area (Å²) in [6.45, 7) is 2.11. The zero-order chi connectivity index (χ0) is 9.90. The van der Waals surface area contributed by atoms with E-state index in [0.29, 0.717) is 18.8 Å². The molecule has 0 unspecified atom stereocenters. The van der Waals surface area contributed by atoms with E-state index in [2.05, 4.69) is 12.2 Å². The molecule has 13 heavy (non-hydrogen) atoms. The van der Waals surface area contributed by atoms with Gasteiger partial charge in [0.05, 0.1) is 0 Å². The molecule has 0 radical (unpaired) electrons. The number of carboxylic acid groups (broad SMARTS) is 1. The lowest BCUT2D eigenvalue weighted by molar-refractivity contribution is -0.146. The molecule has 0 amide bonds. The predicted octanol–water partition coefficient (Wildman–Crippen LogP) is 1.09. The first-order valence-electron chi connectivity index (χ1n) is 4.50. The summed E-state index contributed by atoms with van der Waals surface area (Å²) in [5.74, 6) is -0.325. The van der Waals surface area contributed by atoms with E-state index in [1.165, 1.54) is 0 Å². The van der Waals surface area contributed by atoms with Crippen molar-refractivity contribution in [2.45, 2.75) is 38.1 Å². The number of carbonyl (C=O) groups is 1. The Morgan fingerprint density at radius 1 is 1.62 bits per heavy atom. The molecule has 2 N–H and O–H groups in total. The van der Waals surface area contributed by atoms with Gasteiger partial charge in [-0.3, -0.25) is 0 Å². The third kappa shape index (κ3) is 1.92. The van der Waals surface area contributed by atoms with Crippen LogP contribution in [-0.2, 0) is 4.79 Å². The second-order valence-corrected chi connectivity index (χ2v) is 3.81. The van der Waals surface area contributed by atoms with Gasteiger partial charge in [-0.1, -0.05) is 6.92 Å². The Morgan fingerprint density at radius 2 is 2.15 bits per heavy atom. The van der Waals surface area contributed by atoms with Crippen LogP contribution in [-0.4, -0.2) is 16.6 Å². The van der Waals surface area contributed by atoms with Crippen molar-refractivity contribution in [2.75, 3.05) is 0 Å². The van der Waals surface area contributed by atoms with Crippen molar-refractivity contribution in [3.05, 3.63) is 0 Å². The molecule has 1 aliphatic carbocycles. The number of nitrogens with one attached hydrogen (secondary N) is 1. The lowest BCUT2D eigenvalue weighted by Gasteiger charge is -2.34. The largest absolute Gasteiger partial charge is 0.479 e.